The molecule has 0 radical (unpaired) electrons. The highest BCUT2D eigenvalue weighted by atomic mass is 16.2. The van der Waals surface area contributed by atoms with Gasteiger partial charge in [0.2, 0.25) is 5.91 Å². The second-order valence-corrected chi connectivity index (χ2v) is 6.41. The van der Waals surface area contributed by atoms with Crippen LogP contribution in [0.5, 0.6) is 0 Å². The van der Waals surface area contributed by atoms with E-state index >= 15 is 0 Å². The van der Waals surface area contributed by atoms with Gasteiger partial charge < -0.3 is 10.2 Å². The van der Waals surface area contributed by atoms with Crippen LogP contribution in [0, 0.1) is 0 Å². The number of piperidine rings is 1. The highest BCUT2D eigenvalue weighted by Gasteiger charge is 2.24. The molecule has 1 fully saturated rings. The number of fused-ring (bicyclic) bond motifs is 1. The van der Waals surface area contributed by atoms with Crippen LogP contribution < -0.4 is 5.32 Å². The zero-order valence-corrected chi connectivity index (χ0v) is 14.1. The number of amides is 2. The Hall–Kier alpha value is -2.36. The molecule has 2 aromatic carbocycles. The summed E-state index contributed by atoms with van der Waals surface area (Å²) in [6.07, 6.45) is 3.15. The Morgan fingerprint density at radius 3 is 2.54 bits per heavy atom. The van der Waals surface area contributed by atoms with Gasteiger partial charge in [0.05, 0.1) is 0 Å². The lowest BCUT2D eigenvalue weighted by Crippen LogP contribution is -2.46. The first kappa shape index (κ1) is 16.5. The van der Waals surface area contributed by atoms with E-state index in [2.05, 4.69) is 5.32 Å². The summed E-state index contributed by atoms with van der Waals surface area (Å²) < 4.78 is 0. The van der Waals surface area contributed by atoms with Crippen LogP contribution in [0.2, 0.25) is 0 Å². The molecule has 3 rings (SSSR count). The van der Waals surface area contributed by atoms with Crippen LogP contribution >= 0.6 is 0 Å². The highest BCUT2D eigenvalue weighted by Crippen LogP contribution is 2.19. The van der Waals surface area contributed by atoms with Crippen molar-refractivity contribution in [3.05, 3.63) is 48.0 Å². The normalized spacial score (nSPS) is 15.5. The summed E-state index contributed by atoms with van der Waals surface area (Å²) in [5, 5.41) is 5.20. The second-order valence-electron chi connectivity index (χ2n) is 6.41. The summed E-state index contributed by atoms with van der Waals surface area (Å²) in [6, 6.07) is 13.9. The fourth-order valence-electron chi connectivity index (χ4n) is 3.33. The molecule has 126 valence electrons. The fraction of sp³-hybridized carbons (Fsp3) is 0.400. The summed E-state index contributed by atoms with van der Waals surface area (Å²) in [7, 11) is 0. The third-order valence-electron chi connectivity index (χ3n) is 4.68. The molecule has 0 bridgehead atoms. The Balaban J connectivity index is 1.63. The first-order valence-electron chi connectivity index (χ1n) is 8.75. The van der Waals surface area contributed by atoms with Gasteiger partial charge in [-0.05, 0) is 36.1 Å². The quantitative estimate of drug-likeness (QED) is 0.937. The van der Waals surface area contributed by atoms with E-state index in [1.54, 1.807) is 0 Å². The highest BCUT2D eigenvalue weighted by molar-refractivity contribution is 6.07. The van der Waals surface area contributed by atoms with Crippen molar-refractivity contribution in [3.63, 3.8) is 0 Å². The van der Waals surface area contributed by atoms with E-state index in [1.165, 1.54) is 0 Å². The van der Waals surface area contributed by atoms with Gasteiger partial charge in [0.25, 0.3) is 5.91 Å². The predicted molar refractivity (Wildman–Crippen MR) is 95.9 cm³/mol. The number of hydrogen-bond acceptors (Lipinski definition) is 2. The Kier molecular flexibility index (Phi) is 5.14. The third-order valence-corrected chi connectivity index (χ3v) is 4.68. The van der Waals surface area contributed by atoms with Gasteiger partial charge in [-0.2, -0.15) is 0 Å². The van der Waals surface area contributed by atoms with Crippen molar-refractivity contribution in [3.8, 4) is 0 Å². The first-order chi connectivity index (χ1) is 11.7. The maximum atomic E-state index is 12.7. The molecule has 0 unspecified atom stereocenters. The average Bonchev–Trinajstić information content (AvgIpc) is 2.62. The lowest BCUT2D eigenvalue weighted by Gasteiger charge is -2.32. The number of rotatable bonds is 4. The number of nitrogens with zero attached hydrogens (tertiary/aromatic N) is 1. The number of carbonyl (C=O) groups is 2. The third kappa shape index (κ3) is 3.58. The summed E-state index contributed by atoms with van der Waals surface area (Å²) in [5.74, 6) is 0.210. The molecule has 4 nitrogen and oxygen atoms in total. The van der Waals surface area contributed by atoms with E-state index in [-0.39, 0.29) is 17.9 Å². The minimum atomic E-state index is -0.0230. The van der Waals surface area contributed by atoms with Gasteiger partial charge in [0, 0.05) is 31.1 Å². The van der Waals surface area contributed by atoms with Crippen molar-refractivity contribution in [1.82, 2.24) is 10.2 Å². The molecule has 1 aliphatic heterocycles. The van der Waals surface area contributed by atoms with Gasteiger partial charge in [-0.25, -0.2) is 0 Å². The molecular formula is C20H24N2O2. The van der Waals surface area contributed by atoms with Gasteiger partial charge in [0.15, 0.2) is 0 Å². The molecule has 2 aromatic rings. The van der Waals surface area contributed by atoms with Gasteiger partial charge in [-0.15, -0.1) is 0 Å². The smallest absolute Gasteiger partial charge is 0.252 e. The molecule has 1 aliphatic rings. The van der Waals surface area contributed by atoms with Gasteiger partial charge in [-0.1, -0.05) is 43.3 Å². The van der Waals surface area contributed by atoms with E-state index in [9.17, 15) is 9.59 Å². The van der Waals surface area contributed by atoms with Crippen molar-refractivity contribution >= 4 is 22.6 Å². The lowest BCUT2D eigenvalue weighted by atomic mass is 10.0. The van der Waals surface area contributed by atoms with Gasteiger partial charge >= 0.3 is 0 Å². The van der Waals surface area contributed by atoms with Crippen LogP contribution in [-0.4, -0.2) is 35.8 Å². The van der Waals surface area contributed by atoms with Crippen LogP contribution in [0.3, 0.4) is 0 Å². The number of nitrogens with one attached hydrogen (secondary N) is 1. The standard InChI is InChI=1S/C20H24N2O2/c1-2-6-19(23)22-13-11-16(12-14-22)21-20(24)18-10-5-8-15-7-3-4-9-17(15)18/h3-5,7-10,16H,2,6,11-14H2,1H3,(H,21,24). The molecule has 1 saturated heterocycles. The van der Waals surface area contributed by atoms with Crippen LogP contribution in [0.4, 0.5) is 0 Å². The van der Waals surface area contributed by atoms with E-state index in [4.69, 9.17) is 0 Å². The Labute approximate surface area is 142 Å². The maximum Gasteiger partial charge on any atom is 0.252 e. The number of benzene rings is 2. The summed E-state index contributed by atoms with van der Waals surface area (Å²) >= 11 is 0. The number of likely N-dealkylation sites (tertiary alicyclic amines) is 1. The largest absolute Gasteiger partial charge is 0.349 e. The fourth-order valence-corrected chi connectivity index (χ4v) is 3.33. The van der Waals surface area contributed by atoms with E-state index in [1.807, 2.05) is 54.3 Å². The minimum Gasteiger partial charge on any atom is -0.349 e. The molecule has 1 heterocycles. The molecule has 0 saturated carbocycles. The zero-order chi connectivity index (χ0) is 16.9. The van der Waals surface area contributed by atoms with Crippen LogP contribution in [0.15, 0.2) is 42.5 Å². The van der Waals surface area contributed by atoms with Gasteiger partial charge in [-0.3, -0.25) is 9.59 Å². The molecule has 0 aromatic heterocycles. The molecule has 24 heavy (non-hydrogen) atoms. The molecular weight excluding hydrogens is 300 g/mol. The van der Waals surface area contributed by atoms with E-state index in [0.717, 1.165) is 48.7 Å². The number of carbonyl (C=O) groups excluding carboxylic acids is 2. The van der Waals surface area contributed by atoms with Gasteiger partial charge in [0.1, 0.15) is 0 Å². The zero-order valence-electron chi connectivity index (χ0n) is 14.1. The van der Waals surface area contributed by atoms with Crippen molar-refractivity contribution in [2.75, 3.05) is 13.1 Å². The molecule has 0 aliphatic carbocycles. The summed E-state index contributed by atoms with van der Waals surface area (Å²) in [4.78, 5) is 26.5. The van der Waals surface area contributed by atoms with Crippen molar-refractivity contribution in [2.24, 2.45) is 0 Å². The molecule has 2 amide bonds. The summed E-state index contributed by atoms with van der Waals surface area (Å²) in [5.41, 5.74) is 0.720. The number of hydrogen-bond donors (Lipinski definition) is 1. The van der Waals surface area contributed by atoms with Crippen molar-refractivity contribution < 1.29 is 9.59 Å². The second kappa shape index (κ2) is 7.47. The molecule has 1 N–H and O–H groups in total. The first-order valence-corrected chi connectivity index (χ1v) is 8.75. The molecule has 0 spiro atoms. The average molecular weight is 324 g/mol. The molecule has 4 heteroatoms. The van der Waals surface area contributed by atoms with Crippen LogP contribution in [-0.2, 0) is 4.79 Å². The Bertz CT molecular complexity index is 728. The SMILES string of the molecule is CCCC(=O)N1CCC(NC(=O)c2cccc3ccccc23)CC1. The van der Waals surface area contributed by atoms with Crippen molar-refractivity contribution in [1.29, 1.82) is 0 Å². The Morgan fingerprint density at radius 2 is 1.79 bits per heavy atom. The monoisotopic (exact) mass is 324 g/mol. The van der Waals surface area contributed by atoms with E-state index in [0.29, 0.717) is 6.42 Å². The molecule has 0 atom stereocenters. The van der Waals surface area contributed by atoms with Crippen LogP contribution in [0.1, 0.15) is 43.0 Å². The van der Waals surface area contributed by atoms with E-state index < -0.39 is 0 Å². The maximum absolute atomic E-state index is 12.7. The summed E-state index contributed by atoms with van der Waals surface area (Å²) in [6.45, 7) is 3.49. The predicted octanol–water partition coefficient (Wildman–Crippen LogP) is 3.36. The Morgan fingerprint density at radius 1 is 1.08 bits per heavy atom. The lowest BCUT2D eigenvalue weighted by molar-refractivity contribution is -0.132. The van der Waals surface area contributed by atoms with Crippen LogP contribution in [0.25, 0.3) is 10.8 Å². The van der Waals surface area contributed by atoms with Crippen molar-refractivity contribution in [2.45, 2.75) is 38.6 Å². The topological polar surface area (TPSA) is 49.4 Å². The minimum absolute atomic E-state index is 0.0230.